The van der Waals surface area contributed by atoms with Gasteiger partial charge in [-0.25, -0.2) is 14.8 Å². The summed E-state index contributed by atoms with van der Waals surface area (Å²) in [6.45, 7) is 0. The van der Waals surface area contributed by atoms with Crippen LogP contribution in [0.2, 0.25) is 0 Å². The summed E-state index contributed by atoms with van der Waals surface area (Å²) in [4.78, 5) is 18.8. The van der Waals surface area contributed by atoms with Crippen LogP contribution in [0.4, 0.5) is 0 Å². The van der Waals surface area contributed by atoms with Crippen molar-refractivity contribution >= 4 is 5.97 Å². The number of methoxy groups -OCH3 is 1. The predicted molar refractivity (Wildman–Crippen MR) is 59.9 cm³/mol. The maximum Gasteiger partial charge on any atom is 0.376 e. The van der Waals surface area contributed by atoms with Crippen LogP contribution in [0.5, 0.6) is 11.5 Å². The Morgan fingerprint density at radius 2 is 1.71 bits per heavy atom. The minimum atomic E-state index is -0.573. The van der Waals surface area contributed by atoms with Crippen LogP contribution in [-0.4, -0.2) is 23.0 Å². The van der Waals surface area contributed by atoms with Gasteiger partial charge in [0.2, 0.25) is 5.82 Å². The number of aromatic nitrogens is 2. The molecule has 0 aliphatic carbocycles. The Bertz CT molecular complexity index is 497. The van der Waals surface area contributed by atoms with Crippen LogP contribution in [0.1, 0.15) is 10.6 Å². The molecule has 0 saturated heterocycles. The number of ether oxygens (including phenoxy) is 2. The molecule has 5 heteroatoms. The van der Waals surface area contributed by atoms with E-state index >= 15 is 0 Å². The van der Waals surface area contributed by atoms with Gasteiger partial charge in [0.05, 0.1) is 19.5 Å². The Labute approximate surface area is 98.0 Å². The second-order valence-corrected chi connectivity index (χ2v) is 3.15. The van der Waals surface area contributed by atoms with Gasteiger partial charge >= 0.3 is 5.97 Å². The van der Waals surface area contributed by atoms with E-state index in [1.165, 1.54) is 19.5 Å². The highest BCUT2D eigenvalue weighted by Crippen LogP contribution is 2.18. The second kappa shape index (κ2) is 5.07. The first-order valence-electron chi connectivity index (χ1n) is 4.93. The first kappa shape index (κ1) is 11.1. The average molecular weight is 230 g/mol. The van der Waals surface area contributed by atoms with Crippen LogP contribution in [0.25, 0.3) is 0 Å². The minimum Gasteiger partial charge on any atom is -0.463 e. The molecule has 2 rings (SSSR count). The van der Waals surface area contributed by atoms with Crippen LogP contribution >= 0.6 is 0 Å². The summed E-state index contributed by atoms with van der Waals surface area (Å²) in [7, 11) is 1.28. The van der Waals surface area contributed by atoms with Gasteiger partial charge in [-0.05, 0) is 12.1 Å². The van der Waals surface area contributed by atoms with Crippen LogP contribution in [0.3, 0.4) is 0 Å². The number of para-hydroxylation sites is 1. The average Bonchev–Trinajstić information content (AvgIpc) is 2.40. The Hall–Kier alpha value is -2.43. The molecule has 86 valence electrons. The molecule has 0 aliphatic heterocycles. The molecule has 0 unspecified atom stereocenters. The molecule has 1 aromatic carbocycles. The highest BCUT2D eigenvalue weighted by atomic mass is 16.5. The zero-order chi connectivity index (χ0) is 12.1. The predicted octanol–water partition coefficient (Wildman–Crippen LogP) is 2.06. The molecule has 0 saturated carbocycles. The number of benzene rings is 1. The summed E-state index contributed by atoms with van der Waals surface area (Å²) < 4.78 is 9.96. The third-order valence-electron chi connectivity index (χ3n) is 1.98. The number of esters is 1. The van der Waals surface area contributed by atoms with Crippen molar-refractivity contribution in [2.45, 2.75) is 0 Å². The van der Waals surface area contributed by atoms with Gasteiger partial charge in [-0.3, -0.25) is 0 Å². The van der Waals surface area contributed by atoms with E-state index in [4.69, 9.17) is 4.74 Å². The summed E-state index contributed by atoms with van der Waals surface area (Å²) in [5.74, 6) is 0.579. The number of carbonyl (C=O) groups excluding carboxylic acids is 1. The van der Waals surface area contributed by atoms with Gasteiger partial charge in [0.25, 0.3) is 0 Å². The molecular formula is C12H10N2O3. The Morgan fingerprint density at radius 3 is 2.29 bits per heavy atom. The summed E-state index contributed by atoms with van der Waals surface area (Å²) in [6, 6.07) is 9.24. The molecule has 0 N–H and O–H groups in total. The van der Waals surface area contributed by atoms with Crippen LogP contribution < -0.4 is 4.74 Å². The number of hydrogen-bond donors (Lipinski definition) is 0. The number of carbonyl (C=O) groups is 1. The Balaban J connectivity index is 2.11. The van der Waals surface area contributed by atoms with Gasteiger partial charge in [0, 0.05) is 0 Å². The topological polar surface area (TPSA) is 61.3 Å². The molecule has 0 atom stereocenters. The van der Waals surface area contributed by atoms with Gasteiger partial charge in [-0.15, -0.1) is 0 Å². The van der Waals surface area contributed by atoms with Crippen molar-refractivity contribution in [2.24, 2.45) is 0 Å². The monoisotopic (exact) mass is 230 g/mol. The van der Waals surface area contributed by atoms with Gasteiger partial charge in [0.15, 0.2) is 5.75 Å². The molecule has 0 amide bonds. The van der Waals surface area contributed by atoms with Crippen molar-refractivity contribution in [3.8, 4) is 11.5 Å². The van der Waals surface area contributed by atoms with Gasteiger partial charge in [-0.2, -0.15) is 0 Å². The molecule has 1 aromatic heterocycles. The highest BCUT2D eigenvalue weighted by molar-refractivity contribution is 5.84. The van der Waals surface area contributed by atoms with Gasteiger partial charge in [0.1, 0.15) is 5.75 Å². The van der Waals surface area contributed by atoms with E-state index in [1.54, 1.807) is 0 Å². The van der Waals surface area contributed by atoms with E-state index < -0.39 is 5.97 Å². The first-order valence-corrected chi connectivity index (χ1v) is 4.93. The van der Waals surface area contributed by atoms with Crippen molar-refractivity contribution in [2.75, 3.05) is 7.11 Å². The SMILES string of the molecule is COC(=O)c1ncc(Oc2ccccc2)cn1. The maximum absolute atomic E-state index is 11.1. The summed E-state index contributed by atoms with van der Waals surface area (Å²) in [5, 5.41) is 0. The lowest BCUT2D eigenvalue weighted by Crippen LogP contribution is -2.06. The van der Waals surface area contributed by atoms with E-state index in [0.717, 1.165) is 0 Å². The van der Waals surface area contributed by atoms with E-state index in [1.807, 2.05) is 30.3 Å². The lowest BCUT2D eigenvalue weighted by atomic mass is 10.3. The molecule has 5 nitrogen and oxygen atoms in total. The Morgan fingerprint density at radius 1 is 1.06 bits per heavy atom. The molecule has 0 bridgehead atoms. The van der Waals surface area contributed by atoms with Crippen molar-refractivity contribution in [1.29, 1.82) is 0 Å². The lowest BCUT2D eigenvalue weighted by molar-refractivity contribution is 0.0586. The molecular weight excluding hydrogens is 220 g/mol. The van der Waals surface area contributed by atoms with E-state index in [0.29, 0.717) is 11.5 Å². The Kier molecular flexibility index (Phi) is 3.30. The lowest BCUT2D eigenvalue weighted by Gasteiger charge is -2.04. The second-order valence-electron chi connectivity index (χ2n) is 3.15. The van der Waals surface area contributed by atoms with E-state index in [2.05, 4.69) is 14.7 Å². The fourth-order valence-corrected chi connectivity index (χ4v) is 1.19. The highest BCUT2D eigenvalue weighted by Gasteiger charge is 2.08. The zero-order valence-electron chi connectivity index (χ0n) is 9.16. The zero-order valence-corrected chi connectivity index (χ0v) is 9.16. The fourth-order valence-electron chi connectivity index (χ4n) is 1.19. The van der Waals surface area contributed by atoms with Crippen LogP contribution in [0, 0.1) is 0 Å². The van der Waals surface area contributed by atoms with Crippen molar-refractivity contribution in [3.63, 3.8) is 0 Å². The summed E-state index contributed by atoms with van der Waals surface area (Å²) in [6.07, 6.45) is 2.85. The molecule has 0 aliphatic rings. The molecule has 0 spiro atoms. The third-order valence-corrected chi connectivity index (χ3v) is 1.98. The molecule has 2 aromatic rings. The van der Waals surface area contributed by atoms with Crippen molar-refractivity contribution in [3.05, 3.63) is 48.5 Å². The minimum absolute atomic E-state index is 0.00733. The molecule has 0 radical (unpaired) electrons. The van der Waals surface area contributed by atoms with Crippen LogP contribution in [0.15, 0.2) is 42.7 Å². The molecule has 17 heavy (non-hydrogen) atoms. The summed E-state index contributed by atoms with van der Waals surface area (Å²) >= 11 is 0. The normalized spacial score (nSPS) is 9.71. The third kappa shape index (κ3) is 2.78. The number of rotatable bonds is 3. The fraction of sp³-hybridized carbons (Fsp3) is 0.0833. The number of nitrogens with zero attached hydrogens (tertiary/aromatic N) is 2. The summed E-state index contributed by atoms with van der Waals surface area (Å²) in [5.41, 5.74) is 0. The van der Waals surface area contributed by atoms with Crippen molar-refractivity contribution in [1.82, 2.24) is 9.97 Å². The van der Waals surface area contributed by atoms with Crippen molar-refractivity contribution < 1.29 is 14.3 Å². The molecule has 1 heterocycles. The first-order chi connectivity index (χ1) is 8.29. The standard InChI is InChI=1S/C12H10N2O3/c1-16-12(15)11-13-7-10(8-14-11)17-9-5-3-2-4-6-9/h2-8H,1H3. The van der Waals surface area contributed by atoms with E-state index in [-0.39, 0.29) is 5.82 Å². The van der Waals surface area contributed by atoms with E-state index in [9.17, 15) is 4.79 Å². The van der Waals surface area contributed by atoms with Gasteiger partial charge < -0.3 is 9.47 Å². The largest absolute Gasteiger partial charge is 0.463 e. The molecule has 0 fully saturated rings. The maximum atomic E-state index is 11.1. The van der Waals surface area contributed by atoms with Crippen LogP contribution in [-0.2, 0) is 4.74 Å². The quantitative estimate of drug-likeness (QED) is 0.755. The number of hydrogen-bond acceptors (Lipinski definition) is 5. The smallest absolute Gasteiger partial charge is 0.376 e. The van der Waals surface area contributed by atoms with Gasteiger partial charge in [-0.1, -0.05) is 18.2 Å².